The zero-order valence-electron chi connectivity index (χ0n) is 19.0. The minimum absolute atomic E-state index is 0.203. The summed E-state index contributed by atoms with van der Waals surface area (Å²) in [4.78, 5) is 14.4. The molecule has 3 heterocycles. The van der Waals surface area contributed by atoms with E-state index in [9.17, 15) is 4.39 Å². The Labute approximate surface area is 197 Å². The van der Waals surface area contributed by atoms with Crippen LogP contribution in [0.5, 0.6) is 0 Å². The fourth-order valence-electron chi connectivity index (χ4n) is 3.45. The lowest BCUT2D eigenvalue weighted by atomic mass is 10.0. The molecule has 34 heavy (non-hydrogen) atoms. The van der Waals surface area contributed by atoms with Crippen LogP contribution in [0.2, 0.25) is 0 Å². The number of hydrogen-bond donors (Lipinski definition) is 2. The molecular weight excluding hydrogens is 433 g/mol. The molecular formula is C25H26FN7O. The molecule has 8 nitrogen and oxygen atoms in total. The predicted octanol–water partition coefficient (Wildman–Crippen LogP) is 4.54. The van der Waals surface area contributed by atoms with Gasteiger partial charge in [0.1, 0.15) is 0 Å². The number of morpholine rings is 1. The van der Waals surface area contributed by atoms with Crippen LogP contribution in [0.3, 0.4) is 0 Å². The average Bonchev–Trinajstić information content (AvgIpc) is 2.86. The number of anilines is 4. The Balaban J connectivity index is 1.39. The first-order chi connectivity index (χ1) is 16.5. The summed E-state index contributed by atoms with van der Waals surface area (Å²) < 4.78 is 19.4. The standard InChI is InChI=1S/C25H26FN7O/c1-4-18(3)19-11-17(2)12-22(13-19)30-21-6-5-20(27-14-21)15-29-32-25-28-16-23(26)24(31-25)33-7-9-34-10-8-33/h4-6,11-16,30H,1,3,7-10H2,2H3,(H,28,31,32)/b29-15+. The molecule has 0 bridgehead atoms. The number of ether oxygens (including phenoxy) is 1. The molecule has 2 N–H and O–H groups in total. The van der Waals surface area contributed by atoms with Crippen molar-refractivity contribution in [2.75, 3.05) is 41.9 Å². The number of nitrogens with one attached hydrogen (secondary N) is 2. The molecule has 9 heteroatoms. The van der Waals surface area contributed by atoms with Crippen molar-refractivity contribution in [3.63, 3.8) is 0 Å². The molecule has 0 saturated carbocycles. The molecule has 0 aliphatic carbocycles. The van der Waals surface area contributed by atoms with E-state index < -0.39 is 5.82 Å². The van der Waals surface area contributed by atoms with Gasteiger partial charge >= 0.3 is 0 Å². The van der Waals surface area contributed by atoms with E-state index in [1.54, 1.807) is 18.5 Å². The number of hydrogen-bond acceptors (Lipinski definition) is 8. The normalized spacial score (nSPS) is 13.6. The Kier molecular flexibility index (Phi) is 7.24. The van der Waals surface area contributed by atoms with Crippen LogP contribution in [0.1, 0.15) is 16.8 Å². The van der Waals surface area contributed by atoms with Gasteiger partial charge in [-0.1, -0.05) is 25.3 Å². The lowest BCUT2D eigenvalue weighted by Gasteiger charge is -2.27. The number of aryl methyl sites for hydroxylation is 1. The van der Waals surface area contributed by atoms with Gasteiger partial charge in [-0.2, -0.15) is 10.1 Å². The lowest BCUT2D eigenvalue weighted by Crippen LogP contribution is -2.37. The highest BCUT2D eigenvalue weighted by molar-refractivity contribution is 5.79. The molecule has 0 amide bonds. The molecule has 0 spiro atoms. The molecule has 4 rings (SSSR count). The number of pyridine rings is 1. The third kappa shape index (κ3) is 5.81. The Morgan fingerprint density at radius 3 is 2.71 bits per heavy atom. The highest BCUT2D eigenvalue weighted by Crippen LogP contribution is 2.23. The molecule has 0 unspecified atom stereocenters. The van der Waals surface area contributed by atoms with Gasteiger partial charge < -0.3 is 15.0 Å². The fraction of sp³-hybridized carbons (Fsp3) is 0.200. The largest absolute Gasteiger partial charge is 0.378 e. The van der Waals surface area contributed by atoms with E-state index in [-0.39, 0.29) is 11.8 Å². The topological polar surface area (TPSA) is 87.6 Å². The van der Waals surface area contributed by atoms with Gasteiger partial charge in [-0.3, -0.25) is 4.98 Å². The average molecular weight is 460 g/mol. The minimum atomic E-state index is -0.476. The van der Waals surface area contributed by atoms with E-state index in [2.05, 4.69) is 50.0 Å². The van der Waals surface area contributed by atoms with E-state index in [1.165, 1.54) is 0 Å². The van der Waals surface area contributed by atoms with Crippen LogP contribution >= 0.6 is 0 Å². The number of allylic oxidation sites excluding steroid dienone is 2. The van der Waals surface area contributed by atoms with Crippen molar-refractivity contribution in [3.8, 4) is 0 Å². The first-order valence-electron chi connectivity index (χ1n) is 10.8. The summed E-state index contributed by atoms with van der Waals surface area (Å²) in [5.41, 5.74) is 8.14. The number of aromatic nitrogens is 3. The predicted molar refractivity (Wildman–Crippen MR) is 134 cm³/mol. The number of nitrogens with zero attached hydrogens (tertiary/aromatic N) is 5. The lowest BCUT2D eigenvalue weighted by molar-refractivity contribution is 0.122. The summed E-state index contributed by atoms with van der Waals surface area (Å²) in [7, 11) is 0. The smallest absolute Gasteiger partial charge is 0.245 e. The van der Waals surface area contributed by atoms with Crippen molar-refractivity contribution < 1.29 is 9.13 Å². The van der Waals surface area contributed by atoms with Gasteiger partial charge in [0.2, 0.25) is 5.95 Å². The van der Waals surface area contributed by atoms with E-state index in [4.69, 9.17) is 4.74 Å². The minimum Gasteiger partial charge on any atom is -0.378 e. The second-order valence-electron chi connectivity index (χ2n) is 7.75. The summed E-state index contributed by atoms with van der Waals surface area (Å²) in [5, 5.41) is 7.47. The summed E-state index contributed by atoms with van der Waals surface area (Å²) in [6, 6.07) is 9.87. The molecule has 1 saturated heterocycles. The van der Waals surface area contributed by atoms with Crippen LogP contribution < -0.4 is 15.6 Å². The molecule has 0 atom stereocenters. The molecule has 1 aromatic carbocycles. The van der Waals surface area contributed by atoms with E-state index in [0.29, 0.717) is 32.0 Å². The van der Waals surface area contributed by atoms with Crippen LogP contribution in [0, 0.1) is 12.7 Å². The van der Waals surface area contributed by atoms with Crippen LogP contribution in [-0.2, 0) is 4.74 Å². The Morgan fingerprint density at radius 2 is 1.97 bits per heavy atom. The van der Waals surface area contributed by atoms with Gasteiger partial charge in [0, 0.05) is 18.8 Å². The first kappa shape index (κ1) is 23.1. The summed E-state index contributed by atoms with van der Waals surface area (Å²) in [5.74, 6) is -0.0370. The zero-order chi connectivity index (χ0) is 23.9. The Morgan fingerprint density at radius 1 is 1.15 bits per heavy atom. The highest BCUT2D eigenvalue weighted by atomic mass is 19.1. The molecule has 1 fully saturated rings. The van der Waals surface area contributed by atoms with Crippen LogP contribution in [0.15, 0.2) is 67.1 Å². The summed E-state index contributed by atoms with van der Waals surface area (Å²) in [6.07, 6.45) is 6.14. The van der Waals surface area contributed by atoms with E-state index in [0.717, 1.165) is 34.3 Å². The number of rotatable bonds is 8. The van der Waals surface area contributed by atoms with Crippen molar-refractivity contribution in [2.24, 2.45) is 5.10 Å². The van der Waals surface area contributed by atoms with Gasteiger partial charge in [-0.05, 0) is 47.9 Å². The van der Waals surface area contributed by atoms with Crippen LogP contribution in [0.4, 0.5) is 27.5 Å². The monoisotopic (exact) mass is 459 g/mol. The zero-order valence-corrected chi connectivity index (χ0v) is 19.0. The van der Waals surface area contributed by atoms with Crippen molar-refractivity contribution >= 4 is 34.9 Å². The Hall–Kier alpha value is -4.11. The van der Waals surface area contributed by atoms with Gasteiger partial charge in [-0.25, -0.2) is 14.8 Å². The van der Waals surface area contributed by atoms with Gasteiger partial charge in [0.25, 0.3) is 0 Å². The third-order valence-electron chi connectivity index (χ3n) is 5.17. The highest BCUT2D eigenvalue weighted by Gasteiger charge is 2.17. The molecule has 0 radical (unpaired) electrons. The fourth-order valence-corrected chi connectivity index (χ4v) is 3.45. The van der Waals surface area contributed by atoms with E-state index >= 15 is 0 Å². The van der Waals surface area contributed by atoms with Gasteiger partial charge in [0.15, 0.2) is 11.6 Å². The maximum Gasteiger partial charge on any atom is 0.245 e. The van der Waals surface area contributed by atoms with Crippen molar-refractivity contribution in [3.05, 3.63) is 84.6 Å². The number of hydrazone groups is 1. The van der Waals surface area contributed by atoms with Gasteiger partial charge in [0.05, 0.1) is 43.2 Å². The third-order valence-corrected chi connectivity index (χ3v) is 5.17. The van der Waals surface area contributed by atoms with Crippen molar-refractivity contribution in [1.82, 2.24) is 15.0 Å². The molecule has 1 aliphatic heterocycles. The van der Waals surface area contributed by atoms with Gasteiger partial charge in [-0.15, -0.1) is 0 Å². The number of halogens is 1. The summed E-state index contributed by atoms with van der Waals surface area (Å²) >= 11 is 0. The van der Waals surface area contributed by atoms with Crippen molar-refractivity contribution in [2.45, 2.75) is 6.92 Å². The second-order valence-corrected chi connectivity index (χ2v) is 7.75. The van der Waals surface area contributed by atoms with Crippen LogP contribution in [0.25, 0.3) is 5.57 Å². The molecule has 174 valence electrons. The second kappa shape index (κ2) is 10.7. The Bertz CT molecular complexity index is 1200. The van der Waals surface area contributed by atoms with Crippen molar-refractivity contribution in [1.29, 1.82) is 0 Å². The van der Waals surface area contributed by atoms with E-state index in [1.807, 2.05) is 36.1 Å². The first-order valence-corrected chi connectivity index (χ1v) is 10.8. The quantitative estimate of drug-likeness (QED) is 0.290. The van der Waals surface area contributed by atoms with Crippen LogP contribution in [-0.4, -0.2) is 47.5 Å². The molecule has 1 aliphatic rings. The maximum absolute atomic E-state index is 14.1. The molecule has 3 aromatic rings. The summed E-state index contributed by atoms with van der Waals surface area (Å²) in [6.45, 7) is 12.1. The molecule has 2 aromatic heterocycles. The number of benzene rings is 1. The SMILES string of the molecule is C=CC(=C)c1cc(C)cc(Nc2ccc(/C=N/Nc3ncc(F)c(N4CCOCC4)n3)nc2)c1. The maximum atomic E-state index is 14.1.